The molecule has 1 atom stereocenters. The van der Waals surface area contributed by atoms with Crippen molar-refractivity contribution >= 4 is 16.8 Å². The Morgan fingerprint density at radius 1 is 1.25 bits per heavy atom. The van der Waals surface area contributed by atoms with E-state index in [1.807, 2.05) is 55.7 Å². The van der Waals surface area contributed by atoms with Crippen LogP contribution in [0.1, 0.15) is 24.9 Å². The number of carbonyl (C=O) groups is 1. The van der Waals surface area contributed by atoms with Gasteiger partial charge in [-0.05, 0) is 36.8 Å². The van der Waals surface area contributed by atoms with Crippen LogP contribution < -0.4 is 10.1 Å². The summed E-state index contributed by atoms with van der Waals surface area (Å²) in [6.45, 7) is 2.62. The van der Waals surface area contributed by atoms with Gasteiger partial charge >= 0.3 is 0 Å². The van der Waals surface area contributed by atoms with Gasteiger partial charge in [0.1, 0.15) is 5.75 Å². The van der Waals surface area contributed by atoms with Crippen LogP contribution in [0, 0.1) is 0 Å². The highest BCUT2D eigenvalue weighted by molar-refractivity contribution is 5.80. The highest BCUT2D eigenvalue weighted by atomic mass is 16.5. The minimum Gasteiger partial charge on any atom is -0.497 e. The summed E-state index contributed by atoms with van der Waals surface area (Å²) >= 11 is 0. The number of carbonyl (C=O) groups excluding carboxylic acids is 1. The van der Waals surface area contributed by atoms with Gasteiger partial charge in [-0.25, -0.2) is 0 Å². The number of benzene rings is 1. The molecule has 3 rings (SSSR count). The first-order valence-corrected chi connectivity index (χ1v) is 7.99. The summed E-state index contributed by atoms with van der Waals surface area (Å²) in [4.78, 5) is 16.4. The molecule has 2 aromatic heterocycles. The molecule has 0 fully saturated rings. The van der Waals surface area contributed by atoms with E-state index < -0.39 is 0 Å². The normalized spacial score (nSPS) is 12.1. The molecular formula is C19H21N3O2. The Morgan fingerprint density at radius 2 is 2.04 bits per heavy atom. The second-order valence-corrected chi connectivity index (χ2v) is 5.76. The Balaban J connectivity index is 1.57. The summed E-state index contributed by atoms with van der Waals surface area (Å²) in [5.74, 6) is 0.842. The van der Waals surface area contributed by atoms with E-state index in [0.717, 1.165) is 22.2 Å². The molecule has 1 N–H and O–H groups in total. The molecule has 0 bridgehead atoms. The van der Waals surface area contributed by atoms with E-state index in [-0.39, 0.29) is 11.9 Å². The Labute approximate surface area is 141 Å². The number of nitrogens with one attached hydrogen (secondary N) is 1. The van der Waals surface area contributed by atoms with Gasteiger partial charge < -0.3 is 14.6 Å². The first-order chi connectivity index (χ1) is 11.7. The van der Waals surface area contributed by atoms with Crippen LogP contribution in [0.15, 0.2) is 55.0 Å². The van der Waals surface area contributed by atoms with Crippen molar-refractivity contribution in [3.63, 3.8) is 0 Å². The number of methoxy groups -OCH3 is 1. The third-order valence-electron chi connectivity index (χ3n) is 4.15. The van der Waals surface area contributed by atoms with Crippen LogP contribution in [0.2, 0.25) is 0 Å². The highest BCUT2D eigenvalue weighted by Gasteiger charge is 2.10. The van der Waals surface area contributed by atoms with Gasteiger partial charge in [-0.1, -0.05) is 12.1 Å². The minimum absolute atomic E-state index is 0.0315. The number of rotatable bonds is 6. The fourth-order valence-electron chi connectivity index (χ4n) is 2.73. The van der Waals surface area contributed by atoms with Crippen molar-refractivity contribution in [2.75, 3.05) is 7.11 Å². The number of pyridine rings is 1. The lowest BCUT2D eigenvalue weighted by Gasteiger charge is -2.15. The van der Waals surface area contributed by atoms with Crippen LogP contribution >= 0.6 is 0 Å². The highest BCUT2D eigenvalue weighted by Crippen LogP contribution is 2.18. The first-order valence-electron chi connectivity index (χ1n) is 7.99. The maximum atomic E-state index is 12.2. The van der Waals surface area contributed by atoms with Crippen LogP contribution in [0.3, 0.4) is 0 Å². The van der Waals surface area contributed by atoms with Gasteiger partial charge in [-0.15, -0.1) is 0 Å². The van der Waals surface area contributed by atoms with Crippen LogP contribution in [0.5, 0.6) is 5.75 Å². The van der Waals surface area contributed by atoms with Crippen LogP contribution in [0.25, 0.3) is 10.9 Å². The molecule has 1 aromatic carbocycles. The van der Waals surface area contributed by atoms with E-state index >= 15 is 0 Å². The van der Waals surface area contributed by atoms with Crippen molar-refractivity contribution in [2.24, 2.45) is 0 Å². The van der Waals surface area contributed by atoms with E-state index in [2.05, 4.69) is 14.9 Å². The smallest absolute Gasteiger partial charge is 0.222 e. The van der Waals surface area contributed by atoms with E-state index in [1.54, 1.807) is 13.3 Å². The van der Waals surface area contributed by atoms with Crippen molar-refractivity contribution in [1.29, 1.82) is 0 Å². The molecule has 24 heavy (non-hydrogen) atoms. The molecule has 0 saturated carbocycles. The molecule has 0 aliphatic heterocycles. The quantitative estimate of drug-likeness (QED) is 0.757. The van der Waals surface area contributed by atoms with Crippen molar-refractivity contribution in [1.82, 2.24) is 14.9 Å². The molecule has 0 saturated heterocycles. The second kappa shape index (κ2) is 7.17. The van der Waals surface area contributed by atoms with E-state index in [0.29, 0.717) is 13.0 Å². The van der Waals surface area contributed by atoms with Crippen molar-refractivity contribution in [2.45, 2.75) is 25.9 Å². The molecule has 3 aromatic rings. The zero-order valence-corrected chi connectivity index (χ0v) is 13.9. The van der Waals surface area contributed by atoms with Crippen molar-refractivity contribution in [3.8, 4) is 5.75 Å². The number of hydrogen-bond acceptors (Lipinski definition) is 3. The van der Waals surface area contributed by atoms with Crippen LogP contribution in [-0.2, 0) is 11.3 Å². The summed E-state index contributed by atoms with van der Waals surface area (Å²) in [6, 6.07) is 11.7. The summed E-state index contributed by atoms with van der Waals surface area (Å²) in [6.07, 6.45) is 6.02. The van der Waals surface area contributed by atoms with E-state index in [9.17, 15) is 4.79 Å². The lowest BCUT2D eigenvalue weighted by atomic mass is 10.1. The van der Waals surface area contributed by atoms with Crippen LogP contribution in [-0.4, -0.2) is 22.6 Å². The average Bonchev–Trinajstić information content (AvgIpc) is 3.03. The summed E-state index contributed by atoms with van der Waals surface area (Å²) in [7, 11) is 1.64. The number of ether oxygens (including phenoxy) is 1. The molecule has 1 amide bonds. The molecule has 0 spiro atoms. The molecule has 0 aliphatic carbocycles. The maximum Gasteiger partial charge on any atom is 0.222 e. The van der Waals surface area contributed by atoms with Gasteiger partial charge in [0.15, 0.2) is 0 Å². The zero-order valence-electron chi connectivity index (χ0n) is 13.9. The Bertz CT molecular complexity index is 824. The maximum absolute atomic E-state index is 12.2. The zero-order chi connectivity index (χ0) is 16.9. The molecule has 0 radical (unpaired) electrons. The predicted molar refractivity (Wildman–Crippen MR) is 93.9 cm³/mol. The first kappa shape index (κ1) is 16.1. The van der Waals surface area contributed by atoms with Gasteiger partial charge in [0.2, 0.25) is 5.91 Å². The number of aryl methyl sites for hydroxylation is 1. The van der Waals surface area contributed by atoms with Gasteiger partial charge in [0.05, 0.1) is 24.9 Å². The summed E-state index contributed by atoms with van der Waals surface area (Å²) in [5.41, 5.74) is 2.10. The topological polar surface area (TPSA) is 56.1 Å². The molecule has 1 unspecified atom stereocenters. The average molecular weight is 323 g/mol. The molecule has 5 nitrogen and oxygen atoms in total. The predicted octanol–water partition coefficient (Wildman–Crippen LogP) is 3.31. The lowest BCUT2D eigenvalue weighted by molar-refractivity contribution is -0.121. The fraction of sp³-hybridized carbons (Fsp3) is 0.263. The number of nitrogens with zero attached hydrogens (tertiary/aromatic N) is 2. The number of amides is 1. The van der Waals surface area contributed by atoms with Gasteiger partial charge in [-0.3, -0.25) is 9.78 Å². The SMILES string of the molecule is COc1ccc(C(C)NC(=O)CCn2ccc3ccncc32)cc1. The third-order valence-corrected chi connectivity index (χ3v) is 4.15. The number of aromatic nitrogens is 2. The van der Waals surface area contributed by atoms with E-state index in [4.69, 9.17) is 4.74 Å². The standard InChI is InChI=1S/C19H21N3O2/c1-14(15-3-5-17(24-2)6-4-15)21-19(23)9-12-22-11-8-16-7-10-20-13-18(16)22/h3-8,10-11,13-14H,9,12H2,1-2H3,(H,21,23). The third kappa shape index (κ3) is 3.56. The monoisotopic (exact) mass is 323 g/mol. The Hall–Kier alpha value is -2.82. The molecule has 124 valence electrons. The summed E-state index contributed by atoms with van der Waals surface area (Å²) < 4.78 is 7.21. The van der Waals surface area contributed by atoms with Crippen molar-refractivity contribution < 1.29 is 9.53 Å². The van der Waals surface area contributed by atoms with Gasteiger partial charge in [0, 0.05) is 30.7 Å². The molecule has 5 heteroatoms. The number of hydrogen-bond donors (Lipinski definition) is 1. The largest absolute Gasteiger partial charge is 0.497 e. The second-order valence-electron chi connectivity index (χ2n) is 5.76. The number of fused-ring (bicyclic) bond motifs is 1. The lowest BCUT2D eigenvalue weighted by Crippen LogP contribution is -2.27. The molecular weight excluding hydrogens is 302 g/mol. The fourth-order valence-corrected chi connectivity index (χ4v) is 2.73. The van der Waals surface area contributed by atoms with Gasteiger partial charge in [-0.2, -0.15) is 0 Å². The van der Waals surface area contributed by atoms with E-state index in [1.165, 1.54) is 0 Å². The minimum atomic E-state index is -0.0357. The van der Waals surface area contributed by atoms with Crippen molar-refractivity contribution in [3.05, 3.63) is 60.6 Å². The van der Waals surface area contributed by atoms with Crippen LogP contribution in [0.4, 0.5) is 0 Å². The summed E-state index contributed by atoms with van der Waals surface area (Å²) in [5, 5.41) is 4.17. The Kier molecular flexibility index (Phi) is 4.79. The Morgan fingerprint density at radius 3 is 2.79 bits per heavy atom. The molecule has 0 aliphatic rings. The molecule has 2 heterocycles. The van der Waals surface area contributed by atoms with Gasteiger partial charge in [0.25, 0.3) is 0 Å².